The molecular weight excluding hydrogens is 358 g/mol. The first-order chi connectivity index (χ1) is 13.7. The Labute approximate surface area is 167 Å². The third-order valence-corrected chi connectivity index (χ3v) is 5.91. The fourth-order valence-electron chi connectivity index (χ4n) is 4.25. The van der Waals surface area contributed by atoms with Crippen molar-refractivity contribution in [1.29, 1.82) is 0 Å². The summed E-state index contributed by atoms with van der Waals surface area (Å²) in [6, 6.07) is -0.340. The molecule has 8 nitrogen and oxygen atoms in total. The van der Waals surface area contributed by atoms with Crippen LogP contribution < -0.4 is 10.6 Å². The standard InChI is InChI=1S/C20H35N5O3/c1-2-11-21-20(27)22-17-9-8-16(28-19(17)14-26)10-12-25-13-18(23-24-25)15-6-4-3-5-7-15/h13,15-17,19,26H,2-12,14H2,1H3,(H2,21,22,27)/t16-,17+,19+/m1/s1. The van der Waals surface area contributed by atoms with Crippen LogP contribution in [0.5, 0.6) is 0 Å². The molecule has 158 valence electrons. The first-order valence-electron chi connectivity index (χ1n) is 10.9. The zero-order chi connectivity index (χ0) is 19.8. The van der Waals surface area contributed by atoms with Crippen LogP contribution >= 0.6 is 0 Å². The molecule has 0 aromatic carbocycles. The molecule has 2 aliphatic rings. The third-order valence-electron chi connectivity index (χ3n) is 5.91. The molecule has 0 unspecified atom stereocenters. The van der Waals surface area contributed by atoms with Crippen molar-refractivity contribution in [2.45, 2.75) is 95.4 Å². The normalized spacial score (nSPS) is 26.1. The summed E-state index contributed by atoms with van der Waals surface area (Å²) in [5.74, 6) is 0.567. The Morgan fingerprint density at radius 2 is 2.11 bits per heavy atom. The van der Waals surface area contributed by atoms with Crippen LogP contribution in [-0.4, -0.2) is 57.5 Å². The SMILES string of the molecule is CCCNC(=O)N[C@H]1CC[C@H](CCn2cc(C3CCCCC3)nn2)O[C@H]1CO. The molecule has 0 radical (unpaired) electrons. The second-order valence-corrected chi connectivity index (χ2v) is 8.09. The number of carbonyl (C=O) groups excluding carboxylic acids is 1. The number of aromatic nitrogens is 3. The van der Waals surface area contributed by atoms with E-state index in [9.17, 15) is 9.90 Å². The number of aryl methyl sites for hydroxylation is 1. The van der Waals surface area contributed by atoms with Gasteiger partial charge >= 0.3 is 6.03 Å². The van der Waals surface area contributed by atoms with E-state index in [1.165, 1.54) is 32.1 Å². The number of amides is 2. The van der Waals surface area contributed by atoms with Gasteiger partial charge in [-0.25, -0.2) is 4.79 Å². The van der Waals surface area contributed by atoms with E-state index in [-0.39, 0.29) is 30.9 Å². The lowest BCUT2D eigenvalue weighted by molar-refractivity contribution is -0.0907. The fourth-order valence-corrected chi connectivity index (χ4v) is 4.25. The van der Waals surface area contributed by atoms with E-state index in [2.05, 4.69) is 27.1 Å². The second-order valence-electron chi connectivity index (χ2n) is 8.09. The van der Waals surface area contributed by atoms with Gasteiger partial charge in [-0.3, -0.25) is 4.68 Å². The van der Waals surface area contributed by atoms with Crippen LogP contribution in [0.4, 0.5) is 4.79 Å². The number of nitrogens with one attached hydrogen (secondary N) is 2. The minimum Gasteiger partial charge on any atom is -0.394 e. The van der Waals surface area contributed by atoms with Crippen LogP contribution in [0.2, 0.25) is 0 Å². The number of nitrogens with zero attached hydrogens (tertiary/aromatic N) is 3. The highest BCUT2D eigenvalue weighted by Crippen LogP contribution is 2.31. The van der Waals surface area contributed by atoms with Gasteiger partial charge in [0, 0.05) is 25.2 Å². The van der Waals surface area contributed by atoms with Crippen molar-refractivity contribution in [3.8, 4) is 0 Å². The van der Waals surface area contributed by atoms with Gasteiger partial charge in [-0.05, 0) is 38.5 Å². The zero-order valence-corrected chi connectivity index (χ0v) is 17.0. The molecule has 1 aliphatic heterocycles. The van der Waals surface area contributed by atoms with Gasteiger partial charge in [0.2, 0.25) is 0 Å². The Morgan fingerprint density at radius 3 is 2.86 bits per heavy atom. The van der Waals surface area contributed by atoms with Gasteiger partial charge in [0.05, 0.1) is 24.4 Å². The van der Waals surface area contributed by atoms with Crippen LogP contribution in [0.25, 0.3) is 0 Å². The summed E-state index contributed by atoms with van der Waals surface area (Å²) in [6.07, 6.45) is 11.6. The summed E-state index contributed by atoms with van der Waals surface area (Å²) in [4.78, 5) is 11.9. The fraction of sp³-hybridized carbons (Fsp3) is 0.850. The van der Waals surface area contributed by atoms with E-state index in [0.29, 0.717) is 12.5 Å². The van der Waals surface area contributed by atoms with Crippen molar-refractivity contribution in [2.75, 3.05) is 13.2 Å². The van der Waals surface area contributed by atoms with Crippen molar-refractivity contribution < 1.29 is 14.6 Å². The van der Waals surface area contributed by atoms with Crippen LogP contribution in [0.3, 0.4) is 0 Å². The predicted octanol–water partition coefficient (Wildman–Crippen LogP) is 2.33. The average Bonchev–Trinajstić information content (AvgIpc) is 3.21. The van der Waals surface area contributed by atoms with Gasteiger partial charge in [0.25, 0.3) is 0 Å². The lowest BCUT2D eigenvalue weighted by atomic mass is 9.87. The van der Waals surface area contributed by atoms with Crippen LogP contribution in [0, 0.1) is 0 Å². The molecule has 0 spiro atoms. The molecule has 28 heavy (non-hydrogen) atoms. The third kappa shape index (κ3) is 5.91. The second kappa shape index (κ2) is 10.8. The van der Waals surface area contributed by atoms with Crippen molar-refractivity contribution in [3.63, 3.8) is 0 Å². The van der Waals surface area contributed by atoms with Gasteiger partial charge in [0.15, 0.2) is 0 Å². The van der Waals surface area contributed by atoms with Gasteiger partial charge in [-0.15, -0.1) is 5.10 Å². The summed E-state index contributed by atoms with van der Waals surface area (Å²) in [5.41, 5.74) is 1.12. The summed E-state index contributed by atoms with van der Waals surface area (Å²) in [5, 5.41) is 24.1. The Morgan fingerprint density at radius 1 is 1.29 bits per heavy atom. The van der Waals surface area contributed by atoms with Crippen molar-refractivity contribution in [2.24, 2.45) is 0 Å². The number of ether oxygens (including phenoxy) is 1. The first kappa shape index (κ1) is 21.0. The maximum absolute atomic E-state index is 11.9. The number of hydrogen-bond acceptors (Lipinski definition) is 5. The molecular formula is C20H35N5O3. The van der Waals surface area contributed by atoms with E-state index >= 15 is 0 Å². The molecule has 2 amide bonds. The highest BCUT2D eigenvalue weighted by molar-refractivity contribution is 5.74. The summed E-state index contributed by atoms with van der Waals surface area (Å²) in [7, 11) is 0. The predicted molar refractivity (Wildman–Crippen MR) is 106 cm³/mol. The van der Waals surface area contributed by atoms with Gasteiger partial charge < -0.3 is 20.5 Å². The maximum Gasteiger partial charge on any atom is 0.315 e. The highest BCUT2D eigenvalue weighted by Gasteiger charge is 2.31. The number of aliphatic hydroxyl groups is 1. The van der Waals surface area contributed by atoms with Crippen LogP contribution in [-0.2, 0) is 11.3 Å². The lowest BCUT2D eigenvalue weighted by Gasteiger charge is -2.36. The molecule has 1 saturated heterocycles. The topological polar surface area (TPSA) is 101 Å². The Bertz CT molecular complexity index is 602. The summed E-state index contributed by atoms with van der Waals surface area (Å²) >= 11 is 0. The summed E-state index contributed by atoms with van der Waals surface area (Å²) < 4.78 is 7.96. The molecule has 0 bridgehead atoms. The number of aliphatic hydroxyl groups excluding tert-OH is 1. The average molecular weight is 394 g/mol. The van der Waals surface area contributed by atoms with E-state index in [4.69, 9.17) is 4.74 Å². The van der Waals surface area contributed by atoms with Gasteiger partial charge in [-0.2, -0.15) is 0 Å². The quantitative estimate of drug-likeness (QED) is 0.629. The van der Waals surface area contributed by atoms with Crippen molar-refractivity contribution in [1.82, 2.24) is 25.6 Å². The van der Waals surface area contributed by atoms with Crippen LogP contribution in [0.1, 0.15) is 76.3 Å². The largest absolute Gasteiger partial charge is 0.394 e. The van der Waals surface area contributed by atoms with Gasteiger partial charge in [0.1, 0.15) is 6.10 Å². The van der Waals surface area contributed by atoms with E-state index in [0.717, 1.165) is 37.9 Å². The number of carbonyl (C=O) groups is 1. The van der Waals surface area contributed by atoms with Crippen molar-refractivity contribution in [3.05, 3.63) is 11.9 Å². The van der Waals surface area contributed by atoms with Gasteiger partial charge in [-0.1, -0.05) is 31.4 Å². The molecule has 2 heterocycles. The maximum atomic E-state index is 11.9. The van der Waals surface area contributed by atoms with Crippen molar-refractivity contribution >= 4 is 6.03 Å². The van der Waals surface area contributed by atoms with E-state index in [1.54, 1.807) is 0 Å². The number of hydrogen-bond donors (Lipinski definition) is 3. The number of rotatable bonds is 8. The minimum absolute atomic E-state index is 0.0660. The Hall–Kier alpha value is -1.67. The monoisotopic (exact) mass is 393 g/mol. The molecule has 1 saturated carbocycles. The first-order valence-corrected chi connectivity index (χ1v) is 10.9. The smallest absolute Gasteiger partial charge is 0.315 e. The highest BCUT2D eigenvalue weighted by atomic mass is 16.5. The molecule has 3 N–H and O–H groups in total. The minimum atomic E-state index is -0.361. The molecule has 3 rings (SSSR count). The molecule has 1 aromatic heterocycles. The Balaban J connectivity index is 1.43. The van der Waals surface area contributed by atoms with E-state index in [1.807, 2.05) is 11.6 Å². The Kier molecular flexibility index (Phi) is 8.09. The molecule has 1 aromatic rings. The van der Waals surface area contributed by atoms with Crippen LogP contribution in [0.15, 0.2) is 6.20 Å². The molecule has 1 aliphatic carbocycles. The molecule has 3 atom stereocenters. The molecule has 2 fully saturated rings. The van der Waals surface area contributed by atoms with E-state index < -0.39 is 0 Å². The summed E-state index contributed by atoms with van der Waals surface area (Å²) in [6.45, 7) is 3.33. The molecule has 8 heteroatoms. The lowest BCUT2D eigenvalue weighted by Crippen LogP contribution is -2.53. The zero-order valence-electron chi connectivity index (χ0n) is 17.0. The number of urea groups is 1.